The average molecular weight is 424 g/mol. The largest absolute Gasteiger partial charge is 0.368 e. The molecule has 0 aromatic carbocycles. The van der Waals surface area contributed by atoms with Crippen molar-refractivity contribution in [2.45, 2.75) is 63.8 Å². The molecule has 2 saturated heterocycles. The Labute approximate surface area is 181 Å². The molecule has 0 saturated carbocycles. The van der Waals surface area contributed by atoms with E-state index in [1.165, 1.54) is 5.56 Å². The van der Waals surface area contributed by atoms with Gasteiger partial charge < -0.3 is 14.6 Å². The zero-order chi connectivity index (χ0) is 21.2. The van der Waals surface area contributed by atoms with Crippen molar-refractivity contribution in [2.24, 2.45) is 0 Å². The molecule has 0 bridgehead atoms. The second-order valence-electron chi connectivity index (χ2n) is 8.74. The van der Waals surface area contributed by atoms with E-state index in [-0.39, 0.29) is 23.6 Å². The minimum absolute atomic E-state index is 0.0434. The van der Waals surface area contributed by atoms with Crippen molar-refractivity contribution in [3.05, 3.63) is 57.5 Å². The van der Waals surface area contributed by atoms with Crippen LogP contribution in [0.5, 0.6) is 0 Å². The summed E-state index contributed by atoms with van der Waals surface area (Å²) < 4.78 is 5.64. The van der Waals surface area contributed by atoms with Crippen molar-refractivity contribution < 1.29 is 9.53 Å². The number of pyridine rings is 1. The van der Waals surface area contributed by atoms with E-state index in [2.05, 4.69) is 14.9 Å². The van der Waals surface area contributed by atoms with Crippen LogP contribution in [0.15, 0.2) is 29.3 Å². The Bertz CT molecular complexity index is 986. The van der Waals surface area contributed by atoms with Gasteiger partial charge in [0, 0.05) is 50.7 Å². The number of carbonyl (C=O) groups is 1. The molecule has 5 heterocycles. The quantitative estimate of drug-likeness (QED) is 0.808. The normalized spacial score (nSPS) is 24.2. The molecule has 8 nitrogen and oxygen atoms in total. The van der Waals surface area contributed by atoms with Crippen molar-refractivity contribution in [2.75, 3.05) is 19.7 Å². The number of amides is 1. The van der Waals surface area contributed by atoms with E-state index in [0.29, 0.717) is 31.9 Å². The lowest BCUT2D eigenvalue weighted by Crippen LogP contribution is -2.45. The maximum Gasteiger partial charge on any atom is 0.254 e. The Morgan fingerprint density at radius 2 is 2.03 bits per heavy atom. The van der Waals surface area contributed by atoms with Gasteiger partial charge >= 0.3 is 0 Å². The molecule has 2 aromatic heterocycles. The van der Waals surface area contributed by atoms with Crippen LogP contribution in [0, 0.1) is 0 Å². The number of hydrogen-bond donors (Lipinski definition) is 1. The van der Waals surface area contributed by atoms with Crippen LogP contribution in [-0.2, 0) is 29.0 Å². The first kappa shape index (κ1) is 20.3. The van der Waals surface area contributed by atoms with Gasteiger partial charge in [0.1, 0.15) is 11.9 Å². The Hall–Kier alpha value is -2.58. The molecule has 2 atom stereocenters. The van der Waals surface area contributed by atoms with E-state index in [4.69, 9.17) is 9.72 Å². The highest BCUT2D eigenvalue weighted by atomic mass is 16.5. The SMILES string of the molecule is O=C([C@H]1CCCO1)N1CCCC[C@@H]1c1nc2c(c(=O)[nH]1)CCN(Cc1ccncc1)C2. The number of ether oxygens (including phenoxy) is 1. The standard InChI is InChI=1S/C23H29N5O3/c29-22-17-8-12-27(14-16-6-9-24-10-7-16)15-18(17)25-21(26-22)19-4-1-2-11-28(19)23(30)20-5-3-13-31-20/h6-7,9-10,19-20H,1-5,8,11-15H2,(H,25,26,29)/t19-,20-/m1/s1. The van der Waals surface area contributed by atoms with Crippen LogP contribution in [0.2, 0.25) is 0 Å². The van der Waals surface area contributed by atoms with Gasteiger partial charge in [0.2, 0.25) is 0 Å². The highest BCUT2D eigenvalue weighted by Crippen LogP contribution is 2.31. The summed E-state index contributed by atoms with van der Waals surface area (Å²) in [5.74, 6) is 0.669. The van der Waals surface area contributed by atoms with Gasteiger partial charge in [-0.05, 0) is 56.2 Å². The Kier molecular flexibility index (Phi) is 5.82. The summed E-state index contributed by atoms with van der Waals surface area (Å²) in [4.78, 5) is 42.2. The molecule has 1 amide bonds. The Balaban J connectivity index is 1.38. The summed E-state index contributed by atoms with van der Waals surface area (Å²) in [5, 5.41) is 0. The number of aromatic amines is 1. The van der Waals surface area contributed by atoms with E-state index >= 15 is 0 Å². The first-order valence-electron chi connectivity index (χ1n) is 11.3. The molecule has 0 spiro atoms. The van der Waals surface area contributed by atoms with Crippen LogP contribution in [0.1, 0.15) is 60.8 Å². The van der Waals surface area contributed by atoms with Gasteiger partial charge in [-0.1, -0.05) is 0 Å². The van der Waals surface area contributed by atoms with Crippen molar-refractivity contribution in [3.63, 3.8) is 0 Å². The average Bonchev–Trinajstić information content (AvgIpc) is 3.34. The first-order chi connectivity index (χ1) is 15.2. The molecule has 3 aliphatic heterocycles. The number of rotatable bonds is 4. The van der Waals surface area contributed by atoms with Crippen molar-refractivity contribution in [3.8, 4) is 0 Å². The third-order valence-electron chi connectivity index (χ3n) is 6.63. The molecule has 8 heteroatoms. The zero-order valence-corrected chi connectivity index (χ0v) is 17.8. The number of nitrogens with zero attached hydrogens (tertiary/aromatic N) is 4. The van der Waals surface area contributed by atoms with Gasteiger partial charge in [0.05, 0.1) is 11.7 Å². The summed E-state index contributed by atoms with van der Waals surface area (Å²) in [6.07, 6.45) is 8.47. The summed E-state index contributed by atoms with van der Waals surface area (Å²) >= 11 is 0. The van der Waals surface area contributed by atoms with Gasteiger partial charge in [0.25, 0.3) is 11.5 Å². The molecule has 2 aromatic rings. The molecular weight excluding hydrogens is 394 g/mol. The molecule has 1 N–H and O–H groups in total. The van der Waals surface area contributed by atoms with E-state index in [9.17, 15) is 9.59 Å². The molecule has 0 radical (unpaired) electrons. The fourth-order valence-corrected chi connectivity index (χ4v) is 4.99. The number of piperidine rings is 1. The van der Waals surface area contributed by atoms with Crippen LogP contribution in [-0.4, -0.2) is 56.5 Å². The lowest BCUT2D eigenvalue weighted by molar-refractivity contribution is -0.145. The minimum atomic E-state index is -0.346. The van der Waals surface area contributed by atoms with Gasteiger partial charge in [-0.2, -0.15) is 0 Å². The van der Waals surface area contributed by atoms with Crippen molar-refractivity contribution >= 4 is 5.91 Å². The van der Waals surface area contributed by atoms with Crippen LogP contribution >= 0.6 is 0 Å². The number of H-pyrrole nitrogens is 1. The van der Waals surface area contributed by atoms with Gasteiger partial charge in [-0.3, -0.25) is 19.5 Å². The molecule has 0 unspecified atom stereocenters. The van der Waals surface area contributed by atoms with Crippen LogP contribution in [0.4, 0.5) is 0 Å². The summed E-state index contributed by atoms with van der Waals surface area (Å²) in [6, 6.07) is 3.85. The van der Waals surface area contributed by atoms with E-state index in [1.807, 2.05) is 17.0 Å². The van der Waals surface area contributed by atoms with Crippen LogP contribution in [0.3, 0.4) is 0 Å². The molecule has 5 rings (SSSR count). The number of nitrogens with one attached hydrogen (secondary N) is 1. The van der Waals surface area contributed by atoms with Crippen molar-refractivity contribution in [1.29, 1.82) is 0 Å². The topological polar surface area (TPSA) is 91.4 Å². The predicted octanol–water partition coefficient (Wildman–Crippen LogP) is 1.96. The molecule has 2 fully saturated rings. The number of carbonyl (C=O) groups excluding carboxylic acids is 1. The number of aromatic nitrogens is 3. The maximum atomic E-state index is 13.1. The number of hydrogen-bond acceptors (Lipinski definition) is 6. The molecule has 164 valence electrons. The summed E-state index contributed by atoms with van der Waals surface area (Å²) in [7, 11) is 0. The molecule has 3 aliphatic rings. The van der Waals surface area contributed by atoms with E-state index in [0.717, 1.165) is 56.5 Å². The minimum Gasteiger partial charge on any atom is -0.368 e. The Morgan fingerprint density at radius 3 is 2.84 bits per heavy atom. The van der Waals surface area contributed by atoms with Crippen LogP contribution in [0.25, 0.3) is 0 Å². The lowest BCUT2D eigenvalue weighted by Gasteiger charge is -2.37. The van der Waals surface area contributed by atoms with E-state index < -0.39 is 0 Å². The number of fused-ring (bicyclic) bond motifs is 1. The predicted molar refractivity (Wildman–Crippen MR) is 114 cm³/mol. The number of likely N-dealkylation sites (tertiary alicyclic amines) is 1. The van der Waals surface area contributed by atoms with Gasteiger partial charge in [0.15, 0.2) is 0 Å². The monoisotopic (exact) mass is 423 g/mol. The second kappa shape index (κ2) is 8.88. The highest BCUT2D eigenvalue weighted by molar-refractivity contribution is 5.81. The molecule has 31 heavy (non-hydrogen) atoms. The second-order valence-corrected chi connectivity index (χ2v) is 8.74. The van der Waals surface area contributed by atoms with Gasteiger partial charge in [-0.25, -0.2) is 4.98 Å². The summed E-state index contributed by atoms with van der Waals surface area (Å²) in [5.41, 5.74) is 2.76. The third-order valence-corrected chi connectivity index (χ3v) is 6.63. The summed E-state index contributed by atoms with van der Waals surface area (Å²) in [6.45, 7) is 3.61. The van der Waals surface area contributed by atoms with Crippen LogP contribution < -0.4 is 5.56 Å². The van der Waals surface area contributed by atoms with Gasteiger partial charge in [-0.15, -0.1) is 0 Å². The third kappa shape index (κ3) is 4.27. The maximum absolute atomic E-state index is 13.1. The lowest BCUT2D eigenvalue weighted by atomic mass is 9.99. The molecular formula is C23H29N5O3. The fraction of sp³-hybridized carbons (Fsp3) is 0.565. The van der Waals surface area contributed by atoms with Crippen molar-refractivity contribution in [1.82, 2.24) is 24.8 Å². The highest BCUT2D eigenvalue weighted by Gasteiger charge is 2.36. The zero-order valence-electron chi connectivity index (χ0n) is 17.8. The molecule has 0 aliphatic carbocycles. The van der Waals surface area contributed by atoms with E-state index in [1.54, 1.807) is 12.4 Å². The first-order valence-corrected chi connectivity index (χ1v) is 11.3. The Morgan fingerprint density at radius 1 is 1.16 bits per heavy atom. The fourth-order valence-electron chi connectivity index (χ4n) is 4.99. The smallest absolute Gasteiger partial charge is 0.254 e.